The first-order valence-electron chi connectivity index (χ1n) is 3.58. The summed E-state index contributed by atoms with van der Waals surface area (Å²) in [6.45, 7) is 0. The smallest absolute Gasteiger partial charge is 0.340 e. The van der Waals surface area contributed by atoms with Crippen molar-refractivity contribution in [3.05, 3.63) is 17.5 Å². The molecule has 2 rings (SSSR count). The summed E-state index contributed by atoms with van der Waals surface area (Å²) >= 11 is 0. The summed E-state index contributed by atoms with van der Waals surface area (Å²) < 4.78 is 29.4. The fraction of sp³-hybridized carbons (Fsp3) is 0.429. The maximum absolute atomic E-state index is 12.5. The number of rotatable bonds is 2. The van der Waals surface area contributed by atoms with E-state index in [1.54, 1.807) is 0 Å². The maximum Gasteiger partial charge on any atom is 0.340 e. The molecule has 0 aliphatic heterocycles. The molecule has 1 atom stereocenters. The molecular weight excluding hydrogens is 184 g/mol. The highest BCUT2D eigenvalue weighted by molar-refractivity contribution is 5.88. The molecule has 1 unspecified atom stereocenters. The number of halogens is 2. The lowest BCUT2D eigenvalue weighted by Gasteiger charge is -1.93. The van der Waals surface area contributed by atoms with Crippen molar-refractivity contribution in [3.8, 4) is 0 Å². The van der Waals surface area contributed by atoms with Crippen molar-refractivity contribution in [2.45, 2.75) is 18.3 Å². The molecule has 1 aliphatic carbocycles. The van der Waals surface area contributed by atoms with Crippen LogP contribution in [-0.4, -0.2) is 22.2 Å². The molecule has 0 spiro atoms. The minimum Gasteiger partial charge on any atom is -0.478 e. The molecule has 0 radical (unpaired) electrons. The Morgan fingerprint density at radius 1 is 1.77 bits per heavy atom. The molecule has 1 heterocycles. The van der Waals surface area contributed by atoms with Crippen LogP contribution in [0.25, 0.3) is 0 Å². The van der Waals surface area contributed by atoms with Crippen molar-refractivity contribution in [3.63, 3.8) is 0 Å². The van der Waals surface area contributed by atoms with Gasteiger partial charge < -0.3 is 9.63 Å². The molecular formula is C7H5F2NO3. The highest BCUT2D eigenvalue weighted by Crippen LogP contribution is 2.55. The zero-order valence-corrected chi connectivity index (χ0v) is 6.33. The van der Waals surface area contributed by atoms with E-state index >= 15 is 0 Å². The lowest BCUT2D eigenvalue weighted by atomic mass is 10.2. The van der Waals surface area contributed by atoms with Crippen molar-refractivity contribution in [2.24, 2.45) is 0 Å². The second kappa shape index (κ2) is 2.27. The Kier molecular flexibility index (Phi) is 1.43. The third-order valence-electron chi connectivity index (χ3n) is 1.98. The lowest BCUT2D eigenvalue weighted by Crippen LogP contribution is -2.02. The average molecular weight is 189 g/mol. The van der Waals surface area contributed by atoms with E-state index in [2.05, 4.69) is 9.68 Å². The third-order valence-corrected chi connectivity index (χ3v) is 1.98. The number of carboxylic acid groups (broad SMARTS) is 1. The van der Waals surface area contributed by atoms with Gasteiger partial charge in [-0.3, -0.25) is 0 Å². The molecule has 1 saturated carbocycles. The Morgan fingerprint density at radius 2 is 2.38 bits per heavy atom. The number of aromatic carboxylic acids is 1. The van der Waals surface area contributed by atoms with E-state index in [1.165, 1.54) is 0 Å². The van der Waals surface area contributed by atoms with E-state index in [0.29, 0.717) is 0 Å². The van der Waals surface area contributed by atoms with Gasteiger partial charge in [-0.15, -0.1) is 0 Å². The molecule has 4 nitrogen and oxygen atoms in total. The zero-order valence-electron chi connectivity index (χ0n) is 6.33. The first-order valence-corrected chi connectivity index (χ1v) is 3.58. The number of aromatic nitrogens is 1. The summed E-state index contributed by atoms with van der Waals surface area (Å²) in [7, 11) is 0. The molecule has 0 aromatic carbocycles. The van der Waals surface area contributed by atoms with Gasteiger partial charge in [-0.2, -0.15) is 0 Å². The predicted molar refractivity (Wildman–Crippen MR) is 35.8 cm³/mol. The Balaban J connectivity index is 2.32. The van der Waals surface area contributed by atoms with Gasteiger partial charge in [-0.1, -0.05) is 5.16 Å². The maximum atomic E-state index is 12.5. The van der Waals surface area contributed by atoms with Gasteiger partial charge in [0.1, 0.15) is 17.5 Å². The minimum absolute atomic E-state index is 0.155. The SMILES string of the molecule is O=C(O)c1conc1C1CC1(F)F. The first-order chi connectivity index (χ1) is 6.02. The van der Waals surface area contributed by atoms with Crippen LogP contribution in [0.15, 0.2) is 10.8 Å². The van der Waals surface area contributed by atoms with Gasteiger partial charge in [0.25, 0.3) is 5.92 Å². The van der Waals surface area contributed by atoms with E-state index in [-0.39, 0.29) is 17.7 Å². The van der Waals surface area contributed by atoms with Crippen LogP contribution in [0, 0.1) is 0 Å². The third kappa shape index (κ3) is 1.18. The average Bonchev–Trinajstić information content (AvgIpc) is 2.49. The van der Waals surface area contributed by atoms with E-state index < -0.39 is 17.8 Å². The van der Waals surface area contributed by atoms with Gasteiger partial charge in [0.2, 0.25) is 0 Å². The van der Waals surface area contributed by atoms with Gasteiger partial charge in [0.15, 0.2) is 0 Å². The summed E-state index contributed by atoms with van der Waals surface area (Å²) in [5.41, 5.74) is -0.431. The molecule has 0 saturated heterocycles. The highest BCUT2D eigenvalue weighted by atomic mass is 19.3. The largest absolute Gasteiger partial charge is 0.478 e. The van der Waals surface area contributed by atoms with E-state index in [4.69, 9.17) is 5.11 Å². The highest BCUT2D eigenvalue weighted by Gasteiger charge is 2.60. The Labute approximate surface area is 71.1 Å². The number of hydrogen-bond acceptors (Lipinski definition) is 3. The standard InChI is InChI=1S/C7H5F2NO3/c8-7(9)1-4(7)5-3(6(11)12)2-13-10-5/h2,4H,1H2,(H,11,12). The van der Waals surface area contributed by atoms with Crippen LogP contribution in [-0.2, 0) is 0 Å². The van der Waals surface area contributed by atoms with Crippen molar-refractivity contribution in [1.82, 2.24) is 5.16 Å². The van der Waals surface area contributed by atoms with Crippen LogP contribution in [0.4, 0.5) is 8.78 Å². The minimum atomic E-state index is -2.82. The monoisotopic (exact) mass is 189 g/mol. The van der Waals surface area contributed by atoms with Crippen LogP contribution in [0.2, 0.25) is 0 Å². The van der Waals surface area contributed by atoms with E-state index in [1.807, 2.05) is 0 Å². The fourth-order valence-corrected chi connectivity index (χ4v) is 1.17. The van der Waals surface area contributed by atoms with Gasteiger partial charge in [-0.05, 0) is 0 Å². The van der Waals surface area contributed by atoms with Crippen molar-refractivity contribution < 1.29 is 23.2 Å². The number of hydrogen-bond donors (Lipinski definition) is 1. The predicted octanol–water partition coefficient (Wildman–Crippen LogP) is 1.50. The molecule has 1 aromatic rings. The molecule has 6 heteroatoms. The Morgan fingerprint density at radius 3 is 2.85 bits per heavy atom. The first kappa shape index (κ1) is 8.15. The molecule has 0 amide bonds. The van der Waals surface area contributed by atoms with Crippen LogP contribution >= 0.6 is 0 Å². The number of alkyl halides is 2. The Hall–Kier alpha value is -1.46. The summed E-state index contributed by atoms with van der Waals surface area (Å²) in [6, 6.07) is 0. The molecule has 13 heavy (non-hydrogen) atoms. The van der Waals surface area contributed by atoms with Crippen LogP contribution in [0.3, 0.4) is 0 Å². The number of carbonyl (C=O) groups is 1. The molecule has 1 N–H and O–H groups in total. The number of nitrogens with zero attached hydrogens (tertiary/aromatic N) is 1. The summed E-state index contributed by atoms with van der Waals surface area (Å²) in [5.74, 6) is -5.20. The normalized spacial score (nSPS) is 24.3. The molecule has 0 bridgehead atoms. The van der Waals surface area contributed by atoms with Crippen molar-refractivity contribution >= 4 is 5.97 Å². The summed E-state index contributed by atoms with van der Waals surface area (Å²) in [6.07, 6.45) is 0.520. The van der Waals surface area contributed by atoms with Crippen LogP contribution in [0.5, 0.6) is 0 Å². The van der Waals surface area contributed by atoms with Crippen molar-refractivity contribution in [2.75, 3.05) is 0 Å². The number of carboxylic acids is 1. The molecule has 1 aliphatic rings. The van der Waals surface area contributed by atoms with Gasteiger partial charge in [0, 0.05) is 6.42 Å². The van der Waals surface area contributed by atoms with Crippen molar-refractivity contribution in [1.29, 1.82) is 0 Å². The second-order valence-corrected chi connectivity index (χ2v) is 2.94. The lowest BCUT2D eigenvalue weighted by molar-refractivity contribution is 0.0694. The van der Waals surface area contributed by atoms with Gasteiger partial charge in [-0.25, -0.2) is 13.6 Å². The van der Waals surface area contributed by atoms with Gasteiger partial charge >= 0.3 is 5.97 Å². The summed E-state index contributed by atoms with van der Waals surface area (Å²) in [5, 5.41) is 11.8. The molecule has 1 aromatic heterocycles. The van der Waals surface area contributed by atoms with E-state index in [9.17, 15) is 13.6 Å². The van der Waals surface area contributed by atoms with E-state index in [0.717, 1.165) is 6.26 Å². The van der Waals surface area contributed by atoms with Crippen LogP contribution < -0.4 is 0 Å². The van der Waals surface area contributed by atoms with Gasteiger partial charge in [0.05, 0.1) is 5.92 Å². The topological polar surface area (TPSA) is 63.3 Å². The molecule has 1 fully saturated rings. The Bertz CT molecular complexity index is 360. The second-order valence-electron chi connectivity index (χ2n) is 2.94. The fourth-order valence-electron chi connectivity index (χ4n) is 1.17. The summed E-state index contributed by atoms with van der Waals surface area (Å²) in [4.78, 5) is 10.5. The van der Waals surface area contributed by atoms with Crippen LogP contribution in [0.1, 0.15) is 28.4 Å². The zero-order chi connectivity index (χ0) is 9.64. The molecule has 70 valence electrons. The quantitative estimate of drug-likeness (QED) is 0.765.